The molecule has 1 aliphatic rings. The van der Waals surface area contributed by atoms with E-state index in [4.69, 9.17) is 0 Å². The third-order valence-corrected chi connectivity index (χ3v) is 4.97. The summed E-state index contributed by atoms with van der Waals surface area (Å²) in [6.07, 6.45) is 1.42. The van der Waals surface area contributed by atoms with Crippen molar-refractivity contribution in [2.45, 2.75) is 20.4 Å². The summed E-state index contributed by atoms with van der Waals surface area (Å²) in [6.45, 7) is 7.17. The SMILES string of the molecule is CCN(CC)C(=O)N1CCN(C(=O)Cn2cnc3ccccc3c2=O)CC1. The van der Waals surface area contributed by atoms with Gasteiger partial charge >= 0.3 is 6.03 Å². The van der Waals surface area contributed by atoms with Crippen LogP contribution in [0.3, 0.4) is 0 Å². The quantitative estimate of drug-likeness (QED) is 0.803. The van der Waals surface area contributed by atoms with E-state index >= 15 is 0 Å². The van der Waals surface area contributed by atoms with Crippen molar-refractivity contribution in [3.63, 3.8) is 0 Å². The highest BCUT2D eigenvalue weighted by Crippen LogP contribution is 2.08. The van der Waals surface area contributed by atoms with E-state index in [0.29, 0.717) is 50.2 Å². The van der Waals surface area contributed by atoms with Gasteiger partial charge in [0.25, 0.3) is 5.56 Å². The first-order chi connectivity index (χ1) is 13.0. The highest BCUT2D eigenvalue weighted by molar-refractivity contribution is 5.79. The van der Waals surface area contributed by atoms with Gasteiger partial charge in [0.05, 0.1) is 17.2 Å². The summed E-state index contributed by atoms with van der Waals surface area (Å²) in [5.74, 6) is -0.135. The largest absolute Gasteiger partial charge is 0.338 e. The zero-order valence-electron chi connectivity index (χ0n) is 15.8. The lowest BCUT2D eigenvalue weighted by atomic mass is 10.2. The van der Waals surface area contributed by atoms with Crippen molar-refractivity contribution in [3.8, 4) is 0 Å². The molecule has 8 heteroatoms. The zero-order chi connectivity index (χ0) is 19.4. The van der Waals surface area contributed by atoms with Crippen LogP contribution in [-0.2, 0) is 11.3 Å². The van der Waals surface area contributed by atoms with Gasteiger partial charge in [-0.1, -0.05) is 12.1 Å². The molecule has 3 rings (SSSR count). The minimum absolute atomic E-state index is 0.0158. The fourth-order valence-electron chi connectivity index (χ4n) is 3.31. The molecule has 144 valence electrons. The minimum Gasteiger partial charge on any atom is -0.338 e. The standard InChI is InChI=1S/C19H25N5O3/c1-3-21(4-2)19(27)23-11-9-22(10-12-23)17(25)13-24-14-20-16-8-6-5-7-15(16)18(24)26/h5-8,14H,3-4,9-13H2,1-2H3. The van der Waals surface area contributed by atoms with Crippen molar-refractivity contribution >= 4 is 22.8 Å². The van der Waals surface area contributed by atoms with Crippen LogP contribution in [0.1, 0.15) is 13.8 Å². The molecule has 0 bridgehead atoms. The lowest BCUT2D eigenvalue weighted by Crippen LogP contribution is -2.54. The second-order valence-corrected chi connectivity index (χ2v) is 6.52. The molecule has 27 heavy (non-hydrogen) atoms. The van der Waals surface area contributed by atoms with Gasteiger partial charge in [-0.2, -0.15) is 0 Å². The normalized spacial score (nSPS) is 14.4. The lowest BCUT2D eigenvalue weighted by Gasteiger charge is -2.37. The molecule has 0 saturated carbocycles. The lowest BCUT2D eigenvalue weighted by molar-refractivity contribution is -0.133. The summed E-state index contributed by atoms with van der Waals surface area (Å²) in [5, 5.41) is 0.502. The van der Waals surface area contributed by atoms with Crippen LogP contribution in [0.4, 0.5) is 4.79 Å². The molecule has 0 unspecified atom stereocenters. The van der Waals surface area contributed by atoms with Gasteiger partial charge in [0.2, 0.25) is 5.91 Å². The number of piperazine rings is 1. The Morgan fingerprint density at radius 3 is 2.33 bits per heavy atom. The number of urea groups is 1. The van der Waals surface area contributed by atoms with Crippen LogP contribution in [0.5, 0.6) is 0 Å². The number of carbonyl (C=O) groups excluding carboxylic acids is 2. The maximum atomic E-state index is 12.6. The summed E-state index contributed by atoms with van der Waals surface area (Å²) in [5.41, 5.74) is 0.402. The average Bonchev–Trinajstić information content (AvgIpc) is 2.71. The number of para-hydroxylation sites is 1. The van der Waals surface area contributed by atoms with E-state index in [9.17, 15) is 14.4 Å². The summed E-state index contributed by atoms with van der Waals surface area (Å²) in [6, 6.07) is 7.10. The van der Waals surface area contributed by atoms with Crippen molar-refractivity contribution in [1.29, 1.82) is 0 Å². The Labute approximate surface area is 158 Å². The Morgan fingerprint density at radius 2 is 1.67 bits per heavy atom. The molecule has 0 N–H and O–H groups in total. The van der Waals surface area contributed by atoms with Gasteiger partial charge in [0, 0.05) is 39.3 Å². The Kier molecular flexibility index (Phi) is 5.73. The van der Waals surface area contributed by atoms with E-state index in [1.54, 1.807) is 32.9 Å². The number of nitrogens with zero attached hydrogens (tertiary/aromatic N) is 5. The first kappa shape index (κ1) is 18.9. The number of aromatic nitrogens is 2. The van der Waals surface area contributed by atoms with E-state index in [-0.39, 0.29) is 24.0 Å². The van der Waals surface area contributed by atoms with E-state index in [2.05, 4.69) is 4.98 Å². The molecule has 0 spiro atoms. The smallest absolute Gasteiger partial charge is 0.320 e. The third-order valence-electron chi connectivity index (χ3n) is 4.97. The molecule has 1 fully saturated rings. The van der Waals surface area contributed by atoms with Crippen molar-refractivity contribution in [2.75, 3.05) is 39.3 Å². The molecule has 0 aliphatic carbocycles. The topological polar surface area (TPSA) is 78.8 Å². The van der Waals surface area contributed by atoms with E-state index in [1.165, 1.54) is 10.9 Å². The van der Waals surface area contributed by atoms with E-state index in [1.807, 2.05) is 19.9 Å². The van der Waals surface area contributed by atoms with Gasteiger partial charge in [-0.25, -0.2) is 9.78 Å². The number of amides is 3. The first-order valence-corrected chi connectivity index (χ1v) is 9.31. The molecule has 0 atom stereocenters. The van der Waals surface area contributed by atoms with Gasteiger partial charge in [-0.15, -0.1) is 0 Å². The molecule has 2 heterocycles. The maximum Gasteiger partial charge on any atom is 0.320 e. The van der Waals surface area contributed by atoms with Crippen LogP contribution in [-0.4, -0.2) is 75.5 Å². The maximum absolute atomic E-state index is 12.6. The zero-order valence-corrected chi connectivity index (χ0v) is 15.8. The molecule has 1 aromatic carbocycles. The molecule has 1 aliphatic heterocycles. The van der Waals surface area contributed by atoms with Gasteiger partial charge in [-0.3, -0.25) is 14.2 Å². The molecule has 3 amide bonds. The molecule has 8 nitrogen and oxygen atoms in total. The second kappa shape index (κ2) is 8.20. The molecular weight excluding hydrogens is 346 g/mol. The summed E-state index contributed by atoms with van der Waals surface area (Å²) in [7, 11) is 0. The van der Waals surface area contributed by atoms with Gasteiger partial charge in [-0.05, 0) is 26.0 Å². The van der Waals surface area contributed by atoms with Crippen molar-refractivity contribution in [2.24, 2.45) is 0 Å². The van der Waals surface area contributed by atoms with Gasteiger partial charge in [0.1, 0.15) is 6.54 Å². The van der Waals surface area contributed by atoms with Crippen molar-refractivity contribution in [3.05, 3.63) is 40.9 Å². The Balaban J connectivity index is 1.63. The number of carbonyl (C=O) groups is 2. The molecule has 2 aromatic rings. The number of hydrogen-bond acceptors (Lipinski definition) is 4. The number of rotatable bonds is 4. The predicted molar refractivity (Wildman–Crippen MR) is 102 cm³/mol. The van der Waals surface area contributed by atoms with Crippen LogP contribution in [0.15, 0.2) is 35.4 Å². The Hall–Kier alpha value is -2.90. The molecule has 1 aromatic heterocycles. The van der Waals surface area contributed by atoms with E-state index < -0.39 is 0 Å². The van der Waals surface area contributed by atoms with Crippen LogP contribution >= 0.6 is 0 Å². The highest BCUT2D eigenvalue weighted by atomic mass is 16.2. The van der Waals surface area contributed by atoms with Gasteiger partial charge < -0.3 is 14.7 Å². The Bertz CT molecular complexity index is 882. The highest BCUT2D eigenvalue weighted by Gasteiger charge is 2.26. The summed E-state index contributed by atoms with van der Waals surface area (Å²) in [4.78, 5) is 47.0. The number of hydrogen-bond donors (Lipinski definition) is 0. The fourth-order valence-corrected chi connectivity index (χ4v) is 3.31. The van der Waals surface area contributed by atoms with Crippen LogP contribution in [0.2, 0.25) is 0 Å². The minimum atomic E-state index is -0.218. The fraction of sp³-hybridized carbons (Fsp3) is 0.474. The van der Waals surface area contributed by atoms with Crippen LogP contribution in [0.25, 0.3) is 10.9 Å². The third kappa shape index (κ3) is 3.94. The number of benzene rings is 1. The summed E-state index contributed by atoms with van der Waals surface area (Å²) < 4.78 is 1.35. The van der Waals surface area contributed by atoms with Crippen LogP contribution < -0.4 is 5.56 Å². The predicted octanol–water partition coefficient (Wildman–Crippen LogP) is 1.00. The average molecular weight is 371 g/mol. The Morgan fingerprint density at radius 1 is 1.04 bits per heavy atom. The first-order valence-electron chi connectivity index (χ1n) is 9.31. The summed E-state index contributed by atoms with van der Waals surface area (Å²) >= 11 is 0. The number of fused-ring (bicyclic) bond motifs is 1. The van der Waals surface area contributed by atoms with Crippen molar-refractivity contribution in [1.82, 2.24) is 24.3 Å². The molecule has 1 saturated heterocycles. The van der Waals surface area contributed by atoms with E-state index in [0.717, 1.165) is 0 Å². The molecule has 0 radical (unpaired) electrons. The second-order valence-electron chi connectivity index (χ2n) is 6.52. The monoisotopic (exact) mass is 371 g/mol. The molecular formula is C19H25N5O3. The van der Waals surface area contributed by atoms with Crippen molar-refractivity contribution < 1.29 is 9.59 Å². The van der Waals surface area contributed by atoms with Gasteiger partial charge in [0.15, 0.2) is 0 Å². The van der Waals surface area contributed by atoms with Crippen LogP contribution in [0, 0.1) is 0 Å².